The molecule has 0 spiro atoms. The smallest absolute Gasteiger partial charge is 0.376 e. The molecule has 8 heteroatoms. The van der Waals surface area contributed by atoms with Gasteiger partial charge in [-0.3, -0.25) is 4.99 Å². The van der Waals surface area contributed by atoms with Crippen molar-refractivity contribution < 1.29 is 22.6 Å². The average molecular weight is 413 g/mol. The van der Waals surface area contributed by atoms with Crippen molar-refractivity contribution in [3.05, 3.63) is 35.4 Å². The van der Waals surface area contributed by atoms with Crippen LogP contribution in [-0.2, 0) is 22.2 Å². The van der Waals surface area contributed by atoms with Crippen molar-refractivity contribution in [1.82, 2.24) is 10.2 Å². The largest absolute Gasteiger partial charge is 0.416 e. The van der Waals surface area contributed by atoms with Crippen LogP contribution in [0, 0.1) is 0 Å². The molecule has 0 amide bonds. The molecule has 1 aromatic carbocycles. The number of alkyl halides is 3. The van der Waals surface area contributed by atoms with Gasteiger partial charge in [0.25, 0.3) is 0 Å². The molecule has 1 unspecified atom stereocenters. The molecule has 5 nitrogen and oxygen atoms in total. The Morgan fingerprint density at radius 2 is 2.03 bits per heavy atom. The summed E-state index contributed by atoms with van der Waals surface area (Å²) in [6.07, 6.45) is 1.34. The maximum atomic E-state index is 12.9. The van der Waals surface area contributed by atoms with Crippen molar-refractivity contribution in [3.8, 4) is 0 Å². The van der Waals surface area contributed by atoms with Crippen LogP contribution < -0.4 is 5.32 Å². The van der Waals surface area contributed by atoms with E-state index < -0.39 is 11.7 Å². The molecule has 2 fully saturated rings. The van der Waals surface area contributed by atoms with Gasteiger partial charge in [0.15, 0.2) is 5.96 Å². The molecular weight excluding hydrogens is 383 g/mol. The van der Waals surface area contributed by atoms with Crippen LogP contribution in [0.25, 0.3) is 0 Å². The van der Waals surface area contributed by atoms with E-state index in [0.717, 1.165) is 51.4 Å². The number of ether oxygens (including phenoxy) is 2. The highest BCUT2D eigenvalue weighted by atomic mass is 19.4. The number of hydrogen-bond acceptors (Lipinski definition) is 3. The van der Waals surface area contributed by atoms with Gasteiger partial charge in [0.1, 0.15) is 0 Å². The molecule has 0 radical (unpaired) electrons. The van der Waals surface area contributed by atoms with Gasteiger partial charge in [0, 0.05) is 33.3 Å². The average Bonchev–Trinajstić information content (AvgIpc) is 2.74. The number of nitrogens with zero attached hydrogens (tertiary/aromatic N) is 2. The summed E-state index contributed by atoms with van der Waals surface area (Å²) in [4.78, 5) is 6.42. The monoisotopic (exact) mass is 413 g/mol. The first-order valence-electron chi connectivity index (χ1n) is 10.3. The van der Waals surface area contributed by atoms with Crippen LogP contribution in [0.3, 0.4) is 0 Å². The third-order valence-corrected chi connectivity index (χ3v) is 5.45. The van der Waals surface area contributed by atoms with E-state index in [4.69, 9.17) is 9.47 Å². The van der Waals surface area contributed by atoms with E-state index in [0.29, 0.717) is 24.7 Å². The van der Waals surface area contributed by atoms with Gasteiger partial charge in [0.05, 0.1) is 24.4 Å². The van der Waals surface area contributed by atoms with Crippen LogP contribution in [0.2, 0.25) is 0 Å². The molecule has 1 N–H and O–H groups in total. The topological polar surface area (TPSA) is 46.1 Å². The van der Waals surface area contributed by atoms with Crippen molar-refractivity contribution in [2.75, 3.05) is 33.4 Å². The summed E-state index contributed by atoms with van der Waals surface area (Å²) in [6, 6.07) is 5.37. The van der Waals surface area contributed by atoms with Gasteiger partial charge in [-0.05, 0) is 49.8 Å². The van der Waals surface area contributed by atoms with E-state index in [1.54, 1.807) is 13.1 Å². The Labute approximate surface area is 170 Å². The van der Waals surface area contributed by atoms with Gasteiger partial charge >= 0.3 is 6.18 Å². The summed E-state index contributed by atoms with van der Waals surface area (Å²) >= 11 is 0. The maximum Gasteiger partial charge on any atom is 0.416 e. The highest BCUT2D eigenvalue weighted by molar-refractivity contribution is 5.79. The third kappa shape index (κ3) is 6.60. The lowest BCUT2D eigenvalue weighted by atomic mass is 10.1. The first-order chi connectivity index (χ1) is 14.0. The lowest BCUT2D eigenvalue weighted by Gasteiger charge is -2.35. The highest BCUT2D eigenvalue weighted by Gasteiger charge is 2.30. The summed E-state index contributed by atoms with van der Waals surface area (Å²) in [5, 5.41) is 3.18. The number of aliphatic imine (C=N–C) groups is 1. The van der Waals surface area contributed by atoms with Crippen molar-refractivity contribution in [2.24, 2.45) is 4.99 Å². The SMILES string of the molecule is CN=C(NCc1cccc(C(F)(F)F)c1)N1CCC(OCC2CCCCO2)CC1. The zero-order valence-electron chi connectivity index (χ0n) is 16.9. The Hall–Kier alpha value is -1.80. The van der Waals surface area contributed by atoms with Crippen LogP contribution >= 0.6 is 0 Å². The van der Waals surface area contributed by atoms with Gasteiger partial charge in [-0.15, -0.1) is 0 Å². The Morgan fingerprint density at radius 1 is 1.24 bits per heavy atom. The molecule has 2 aliphatic rings. The molecule has 0 aromatic heterocycles. The fourth-order valence-corrected chi connectivity index (χ4v) is 3.79. The zero-order chi connectivity index (χ0) is 20.7. The predicted molar refractivity (Wildman–Crippen MR) is 106 cm³/mol. The summed E-state index contributed by atoms with van der Waals surface area (Å²) in [5.74, 6) is 0.705. The molecule has 0 bridgehead atoms. The zero-order valence-corrected chi connectivity index (χ0v) is 16.9. The van der Waals surface area contributed by atoms with Crippen LogP contribution in [0.1, 0.15) is 43.2 Å². The molecule has 2 saturated heterocycles. The predicted octanol–water partition coefficient (Wildman–Crippen LogP) is 3.83. The second kappa shape index (κ2) is 10.3. The number of likely N-dealkylation sites (tertiary alicyclic amines) is 1. The van der Waals surface area contributed by atoms with E-state index in [1.807, 2.05) is 0 Å². The van der Waals surface area contributed by atoms with Gasteiger partial charge in [-0.25, -0.2) is 0 Å². The highest BCUT2D eigenvalue weighted by Crippen LogP contribution is 2.29. The quantitative estimate of drug-likeness (QED) is 0.589. The number of benzene rings is 1. The molecule has 0 saturated carbocycles. The van der Waals surface area contributed by atoms with Gasteiger partial charge in [-0.2, -0.15) is 13.2 Å². The Kier molecular flexibility index (Phi) is 7.77. The van der Waals surface area contributed by atoms with Crippen molar-refractivity contribution in [1.29, 1.82) is 0 Å². The molecule has 162 valence electrons. The van der Waals surface area contributed by atoms with Gasteiger partial charge in [-0.1, -0.05) is 12.1 Å². The minimum absolute atomic E-state index is 0.221. The first kappa shape index (κ1) is 21.9. The van der Waals surface area contributed by atoms with Crippen LogP contribution in [0.15, 0.2) is 29.3 Å². The molecule has 0 aliphatic carbocycles. The lowest BCUT2D eigenvalue weighted by molar-refractivity contribution is -0.137. The first-order valence-corrected chi connectivity index (χ1v) is 10.3. The van der Waals surface area contributed by atoms with E-state index in [2.05, 4.69) is 15.2 Å². The van der Waals surface area contributed by atoms with Crippen molar-refractivity contribution in [3.63, 3.8) is 0 Å². The number of halogens is 3. The molecule has 2 aliphatic heterocycles. The van der Waals surface area contributed by atoms with E-state index in [1.165, 1.54) is 18.6 Å². The Balaban J connectivity index is 1.43. The normalized spacial score (nSPS) is 22.0. The van der Waals surface area contributed by atoms with E-state index >= 15 is 0 Å². The number of piperidine rings is 1. The molecule has 29 heavy (non-hydrogen) atoms. The summed E-state index contributed by atoms with van der Waals surface area (Å²) in [6.45, 7) is 3.40. The third-order valence-electron chi connectivity index (χ3n) is 5.45. The molecule has 1 atom stereocenters. The van der Waals surface area contributed by atoms with Crippen molar-refractivity contribution >= 4 is 5.96 Å². The van der Waals surface area contributed by atoms with Crippen LogP contribution in [0.4, 0.5) is 13.2 Å². The van der Waals surface area contributed by atoms with Gasteiger partial charge < -0.3 is 19.7 Å². The number of guanidine groups is 1. The summed E-state index contributed by atoms with van der Waals surface area (Å²) in [5.41, 5.74) is -0.0571. The molecule has 3 rings (SSSR count). The second-order valence-corrected chi connectivity index (χ2v) is 7.61. The molecule has 2 heterocycles. The standard InChI is InChI=1S/C21H30F3N3O2/c1-25-20(26-14-16-5-4-6-17(13-16)21(22,23)24)27-10-8-18(9-11-27)29-15-19-7-2-3-12-28-19/h4-6,13,18-19H,2-3,7-12,14-15H2,1H3,(H,25,26). The second-order valence-electron chi connectivity index (χ2n) is 7.61. The number of hydrogen-bond donors (Lipinski definition) is 1. The molecular formula is C21H30F3N3O2. The fraction of sp³-hybridized carbons (Fsp3) is 0.667. The Bertz CT molecular complexity index is 667. The lowest BCUT2D eigenvalue weighted by Crippen LogP contribution is -2.47. The summed E-state index contributed by atoms with van der Waals surface area (Å²) < 4.78 is 50.4. The van der Waals surface area contributed by atoms with Gasteiger partial charge in [0.2, 0.25) is 0 Å². The molecule has 1 aromatic rings. The van der Waals surface area contributed by atoms with E-state index in [-0.39, 0.29) is 12.2 Å². The minimum atomic E-state index is -4.33. The summed E-state index contributed by atoms with van der Waals surface area (Å²) in [7, 11) is 1.69. The number of rotatable bonds is 5. The van der Waals surface area contributed by atoms with E-state index in [9.17, 15) is 13.2 Å². The van der Waals surface area contributed by atoms with Crippen molar-refractivity contribution in [2.45, 2.75) is 57.0 Å². The van der Waals surface area contributed by atoms with Crippen LogP contribution in [0.5, 0.6) is 0 Å². The fourth-order valence-electron chi connectivity index (χ4n) is 3.79. The maximum absolute atomic E-state index is 12.9. The Morgan fingerprint density at radius 3 is 2.69 bits per heavy atom. The minimum Gasteiger partial charge on any atom is -0.376 e. The number of nitrogens with one attached hydrogen (secondary N) is 1. The van der Waals surface area contributed by atoms with Crippen LogP contribution in [-0.4, -0.2) is 56.4 Å².